The highest BCUT2D eigenvalue weighted by atomic mass is 32.1. The Hall–Kier alpha value is -1.28. The number of hydrogen-bond acceptors (Lipinski definition) is 5. The van der Waals surface area contributed by atoms with Gasteiger partial charge in [0.05, 0.1) is 0 Å². The maximum Gasteiger partial charge on any atom is 0.157 e. The predicted octanol–water partition coefficient (Wildman–Crippen LogP) is 3.37. The molecule has 1 aromatic heterocycles. The average Bonchev–Trinajstić information content (AvgIpc) is 2.67. The first kappa shape index (κ1) is 13.8. The standard InChI is InChI=1S/C12H20N4S/c1-3-5-7-9(6-4-2)15-12-10(8-13)11(14)16-17-12/h9,15H,3-7H2,1-2H3,(H2,14,16). The molecule has 0 fully saturated rings. The number of nitriles is 1. The highest BCUT2D eigenvalue weighted by Crippen LogP contribution is 2.27. The highest BCUT2D eigenvalue weighted by molar-refractivity contribution is 7.10. The van der Waals surface area contributed by atoms with Gasteiger partial charge in [0.25, 0.3) is 0 Å². The molecule has 0 aliphatic carbocycles. The van der Waals surface area contributed by atoms with Gasteiger partial charge in [-0.1, -0.05) is 33.1 Å². The SMILES string of the molecule is CCCCC(CCC)Nc1snc(N)c1C#N. The first-order valence-electron chi connectivity index (χ1n) is 6.14. The van der Waals surface area contributed by atoms with Crippen LogP contribution in [0.3, 0.4) is 0 Å². The van der Waals surface area contributed by atoms with Crippen LogP contribution in [0.1, 0.15) is 51.5 Å². The summed E-state index contributed by atoms with van der Waals surface area (Å²) >= 11 is 1.28. The topological polar surface area (TPSA) is 74.7 Å². The number of hydrogen-bond donors (Lipinski definition) is 2. The van der Waals surface area contributed by atoms with Gasteiger partial charge >= 0.3 is 0 Å². The van der Waals surface area contributed by atoms with Crippen molar-refractivity contribution in [1.82, 2.24) is 4.37 Å². The van der Waals surface area contributed by atoms with Crippen molar-refractivity contribution in [3.05, 3.63) is 5.56 Å². The third-order valence-electron chi connectivity index (χ3n) is 2.71. The van der Waals surface area contributed by atoms with Gasteiger partial charge < -0.3 is 11.1 Å². The van der Waals surface area contributed by atoms with E-state index in [2.05, 4.69) is 29.6 Å². The van der Waals surface area contributed by atoms with Crippen molar-refractivity contribution in [3.63, 3.8) is 0 Å². The van der Waals surface area contributed by atoms with Crippen molar-refractivity contribution < 1.29 is 0 Å². The normalized spacial score (nSPS) is 12.1. The minimum Gasteiger partial charge on any atom is -0.382 e. The van der Waals surface area contributed by atoms with Crippen LogP contribution in [-0.4, -0.2) is 10.4 Å². The number of nitrogens with one attached hydrogen (secondary N) is 1. The zero-order chi connectivity index (χ0) is 12.7. The van der Waals surface area contributed by atoms with Crippen LogP contribution in [0.5, 0.6) is 0 Å². The fourth-order valence-corrected chi connectivity index (χ4v) is 2.52. The molecule has 17 heavy (non-hydrogen) atoms. The minimum absolute atomic E-state index is 0.339. The van der Waals surface area contributed by atoms with E-state index in [0.29, 0.717) is 17.4 Å². The van der Waals surface area contributed by atoms with Crippen LogP contribution >= 0.6 is 11.5 Å². The van der Waals surface area contributed by atoms with Crippen molar-refractivity contribution in [3.8, 4) is 6.07 Å². The van der Waals surface area contributed by atoms with E-state index in [4.69, 9.17) is 11.0 Å². The van der Waals surface area contributed by atoms with E-state index < -0.39 is 0 Å². The fourth-order valence-electron chi connectivity index (χ4n) is 1.78. The van der Waals surface area contributed by atoms with Gasteiger partial charge in [-0.3, -0.25) is 0 Å². The zero-order valence-corrected chi connectivity index (χ0v) is 11.3. The molecule has 0 bridgehead atoms. The smallest absolute Gasteiger partial charge is 0.157 e. The molecule has 0 radical (unpaired) electrons. The Morgan fingerprint density at radius 2 is 2.18 bits per heavy atom. The molecule has 1 rings (SSSR count). The van der Waals surface area contributed by atoms with Crippen molar-refractivity contribution in [1.29, 1.82) is 5.26 Å². The molecule has 5 heteroatoms. The van der Waals surface area contributed by atoms with Gasteiger partial charge in [-0.25, -0.2) is 0 Å². The summed E-state index contributed by atoms with van der Waals surface area (Å²) in [5.41, 5.74) is 6.13. The van der Waals surface area contributed by atoms with Gasteiger partial charge in [-0.15, -0.1) is 0 Å². The van der Waals surface area contributed by atoms with E-state index in [1.54, 1.807) is 0 Å². The predicted molar refractivity (Wildman–Crippen MR) is 73.1 cm³/mol. The Morgan fingerprint density at radius 1 is 1.41 bits per heavy atom. The lowest BCUT2D eigenvalue weighted by Gasteiger charge is -2.17. The fraction of sp³-hybridized carbons (Fsp3) is 0.667. The number of aromatic nitrogens is 1. The van der Waals surface area contributed by atoms with Gasteiger partial charge in [-0.2, -0.15) is 9.64 Å². The number of anilines is 2. The summed E-state index contributed by atoms with van der Waals surface area (Å²) in [6, 6.07) is 2.53. The van der Waals surface area contributed by atoms with Crippen molar-refractivity contribution in [2.24, 2.45) is 0 Å². The second-order valence-electron chi connectivity index (χ2n) is 4.16. The summed E-state index contributed by atoms with van der Waals surface area (Å²) in [6.45, 7) is 4.36. The van der Waals surface area contributed by atoms with E-state index >= 15 is 0 Å². The van der Waals surface area contributed by atoms with E-state index in [0.717, 1.165) is 24.3 Å². The molecule has 0 aliphatic heterocycles. The Balaban J connectivity index is 2.68. The summed E-state index contributed by atoms with van der Waals surface area (Å²) in [5.74, 6) is 0.339. The lowest BCUT2D eigenvalue weighted by atomic mass is 10.1. The maximum absolute atomic E-state index is 9.00. The average molecular weight is 252 g/mol. The van der Waals surface area contributed by atoms with Crippen molar-refractivity contribution in [2.75, 3.05) is 11.1 Å². The number of rotatable bonds is 7. The Kier molecular flexibility index (Phi) is 5.78. The molecule has 0 saturated heterocycles. The number of nitrogen functional groups attached to an aromatic ring is 1. The van der Waals surface area contributed by atoms with E-state index in [1.807, 2.05) is 0 Å². The monoisotopic (exact) mass is 252 g/mol. The first-order valence-corrected chi connectivity index (χ1v) is 6.92. The molecule has 0 saturated carbocycles. The third-order valence-corrected chi connectivity index (χ3v) is 3.50. The molecule has 0 amide bonds. The molecule has 1 atom stereocenters. The maximum atomic E-state index is 9.00. The van der Waals surface area contributed by atoms with Crippen LogP contribution in [0, 0.1) is 11.3 Å². The number of nitrogens with two attached hydrogens (primary N) is 1. The van der Waals surface area contributed by atoms with Gasteiger partial charge in [0.1, 0.15) is 16.6 Å². The van der Waals surface area contributed by atoms with E-state index in [1.165, 1.54) is 24.4 Å². The van der Waals surface area contributed by atoms with Crippen molar-refractivity contribution >= 4 is 22.4 Å². The molecule has 4 nitrogen and oxygen atoms in total. The van der Waals surface area contributed by atoms with E-state index in [9.17, 15) is 0 Å². The lowest BCUT2D eigenvalue weighted by Crippen LogP contribution is -2.19. The molecule has 94 valence electrons. The molecule has 1 aromatic rings. The molecule has 0 spiro atoms. The molecule has 3 N–H and O–H groups in total. The minimum atomic E-state index is 0.339. The first-order chi connectivity index (χ1) is 8.22. The summed E-state index contributed by atoms with van der Waals surface area (Å²) in [5, 5.41) is 13.2. The van der Waals surface area contributed by atoms with Crippen LogP contribution < -0.4 is 11.1 Å². The molecule has 1 heterocycles. The van der Waals surface area contributed by atoms with Gasteiger partial charge in [-0.05, 0) is 24.4 Å². The van der Waals surface area contributed by atoms with Crippen LogP contribution in [-0.2, 0) is 0 Å². The second kappa shape index (κ2) is 7.13. The second-order valence-corrected chi connectivity index (χ2v) is 4.93. The van der Waals surface area contributed by atoms with Gasteiger partial charge in [0, 0.05) is 6.04 Å². The Morgan fingerprint density at radius 3 is 2.76 bits per heavy atom. The largest absolute Gasteiger partial charge is 0.382 e. The highest BCUT2D eigenvalue weighted by Gasteiger charge is 2.14. The number of unbranched alkanes of at least 4 members (excludes halogenated alkanes) is 1. The quantitative estimate of drug-likeness (QED) is 0.780. The molecule has 1 unspecified atom stereocenters. The Labute approximate surface area is 107 Å². The number of nitrogens with zero attached hydrogens (tertiary/aromatic N) is 2. The summed E-state index contributed by atoms with van der Waals surface area (Å²) < 4.78 is 4.02. The third kappa shape index (κ3) is 3.90. The van der Waals surface area contributed by atoms with Crippen LogP contribution in [0.4, 0.5) is 10.8 Å². The molecular formula is C12H20N4S. The summed E-state index contributed by atoms with van der Waals surface area (Å²) in [7, 11) is 0. The molecule has 0 aliphatic rings. The summed E-state index contributed by atoms with van der Waals surface area (Å²) in [6.07, 6.45) is 5.78. The Bertz CT molecular complexity index is 380. The lowest BCUT2D eigenvalue weighted by molar-refractivity contribution is 0.565. The van der Waals surface area contributed by atoms with Gasteiger partial charge in [0.15, 0.2) is 5.82 Å². The zero-order valence-electron chi connectivity index (χ0n) is 10.5. The van der Waals surface area contributed by atoms with Crippen molar-refractivity contribution in [2.45, 2.75) is 52.0 Å². The summed E-state index contributed by atoms with van der Waals surface area (Å²) in [4.78, 5) is 0. The van der Waals surface area contributed by atoms with Crippen LogP contribution in [0.2, 0.25) is 0 Å². The molecule has 0 aromatic carbocycles. The van der Waals surface area contributed by atoms with Crippen LogP contribution in [0.25, 0.3) is 0 Å². The molecular weight excluding hydrogens is 232 g/mol. The van der Waals surface area contributed by atoms with Gasteiger partial charge in [0.2, 0.25) is 0 Å². The van der Waals surface area contributed by atoms with Crippen LogP contribution in [0.15, 0.2) is 0 Å². The van der Waals surface area contributed by atoms with E-state index in [-0.39, 0.29) is 0 Å².